The highest BCUT2D eigenvalue weighted by Gasteiger charge is 2.13. The maximum Gasteiger partial charge on any atom is 0.341 e. The van der Waals surface area contributed by atoms with Crippen LogP contribution in [0.5, 0.6) is 5.75 Å². The standard InChI is InChI=1S/C11H15OSi/c1-8(2)9(3)10-6-4-5-7-11(10)12-13/h4-9H,1-3H3. The lowest BCUT2D eigenvalue weighted by Gasteiger charge is -2.18. The summed E-state index contributed by atoms with van der Waals surface area (Å²) in [4.78, 5) is 0. The van der Waals surface area contributed by atoms with Crippen molar-refractivity contribution in [3.05, 3.63) is 29.8 Å². The maximum absolute atomic E-state index is 5.12. The normalized spacial score (nSPS) is 13.0. The molecule has 1 aromatic carbocycles. The van der Waals surface area contributed by atoms with Gasteiger partial charge in [0.25, 0.3) is 0 Å². The van der Waals surface area contributed by atoms with Crippen LogP contribution in [0, 0.1) is 5.92 Å². The number of para-hydroxylation sites is 1. The minimum Gasteiger partial charge on any atom is -0.540 e. The van der Waals surface area contributed by atoms with Crippen LogP contribution in [0.3, 0.4) is 0 Å². The van der Waals surface area contributed by atoms with Crippen LogP contribution < -0.4 is 4.43 Å². The van der Waals surface area contributed by atoms with Gasteiger partial charge in [-0.3, -0.25) is 0 Å². The van der Waals surface area contributed by atoms with E-state index in [1.54, 1.807) is 0 Å². The Balaban J connectivity index is 2.98. The molecular formula is C11H15OSi. The summed E-state index contributed by atoms with van der Waals surface area (Å²) >= 11 is 0. The highest BCUT2D eigenvalue weighted by Crippen LogP contribution is 2.30. The van der Waals surface area contributed by atoms with Crippen LogP contribution in [-0.2, 0) is 0 Å². The van der Waals surface area contributed by atoms with E-state index in [1.165, 1.54) is 5.56 Å². The Morgan fingerprint density at radius 2 is 1.77 bits per heavy atom. The average molecular weight is 191 g/mol. The predicted molar refractivity (Wildman–Crippen MR) is 56.1 cm³/mol. The van der Waals surface area contributed by atoms with Crippen LogP contribution >= 0.6 is 0 Å². The number of hydrogen-bond donors (Lipinski definition) is 0. The highest BCUT2D eigenvalue weighted by atomic mass is 28.2. The SMILES string of the molecule is CC(C)C(C)c1ccccc1O[Si]. The van der Waals surface area contributed by atoms with Crippen molar-refractivity contribution in [1.82, 2.24) is 0 Å². The minimum atomic E-state index is 0.521. The molecule has 69 valence electrons. The van der Waals surface area contributed by atoms with Gasteiger partial charge in [-0.05, 0) is 23.5 Å². The van der Waals surface area contributed by atoms with Crippen molar-refractivity contribution >= 4 is 10.5 Å². The molecule has 3 radical (unpaired) electrons. The van der Waals surface area contributed by atoms with E-state index >= 15 is 0 Å². The van der Waals surface area contributed by atoms with E-state index in [9.17, 15) is 0 Å². The van der Waals surface area contributed by atoms with Gasteiger partial charge in [0.2, 0.25) is 0 Å². The molecule has 0 saturated heterocycles. The summed E-state index contributed by atoms with van der Waals surface area (Å²) in [6.45, 7) is 6.65. The van der Waals surface area contributed by atoms with Gasteiger partial charge >= 0.3 is 10.5 Å². The summed E-state index contributed by atoms with van der Waals surface area (Å²) in [5.74, 6) is 2.07. The molecule has 1 unspecified atom stereocenters. The molecule has 0 fully saturated rings. The molecule has 2 heteroatoms. The van der Waals surface area contributed by atoms with Crippen LogP contribution in [0.25, 0.3) is 0 Å². The topological polar surface area (TPSA) is 9.23 Å². The lowest BCUT2D eigenvalue weighted by molar-refractivity contribution is 0.511. The van der Waals surface area contributed by atoms with Crippen LogP contribution in [0.2, 0.25) is 0 Å². The van der Waals surface area contributed by atoms with Crippen LogP contribution in [0.4, 0.5) is 0 Å². The summed E-state index contributed by atoms with van der Waals surface area (Å²) < 4.78 is 5.12. The lowest BCUT2D eigenvalue weighted by Crippen LogP contribution is -2.04. The fourth-order valence-corrected chi connectivity index (χ4v) is 1.49. The van der Waals surface area contributed by atoms with Gasteiger partial charge in [0.05, 0.1) is 0 Å². The Bertz CT molecular complexity index is 271. The van der Waals surface area contributed by atoms with E-state index in [0.29, 0.717) is 11.8 Å². The number of benzene rings is 1. The van der Waals surface area contributed by atoms with E-state index in [1.807, 2.05) is 18.2 Å². The van der Waals surface area contributed by atoms with Gasteiger partial charge in [-0.2, -0.15) is 0 Å². The fraction of sp³-hybridized carbons (Fsp3) is 0.455. The number of hydrogen-bond acceptors (Lipinski definition) is 1. The predicted octanol–water partition coefficient (Wildman–Crippen LogP) is 2.91. The molecule has 0 aliphatic rings. The third-order valence-corrected chi connectivity index (χ3v) is 2.74. The van der Waals surface area contributed by atoms with Crippen LogP contribution in [-0.4, -0.2) is 10.5 Å². The number of rotatable bonds is 3. The first kappa shape index (κ1) is 10.3. The highest BCUT2D eigenvalue weighted by molar-refractivity contribution is 6.00. The zero-order valence-electron chi connectivity index (χ0n) is 8.37. The molecule has 1 aromatic rings. The van der Waals surface area contributed by atoms with Crippen molar-refractivity contribution in [3.8, 4) is 5.75 Å². The molecule has 0 aliphatic heterocycles. The molecule has 1 nitrogen and oxygen atoms in total. The summed E-state index contributed by atoms with van der Waals surface area (Å²) in [5.41, 5.74) is 1.26. The second-order valence-electron chi connectivity index (χ2n) is 3.67. The summed E-state index contributed by atoms with van der Waals surface area (Å²) in [6.07, 6.45) is 0. The van der Waals surface area contributed by atoms with Gasteiger partial charge in [-0.1, -0.05) is 39.0 Å². The van der Waals surface area contributed by atoms with Crippen molar-refractivity contribution in [1.29, 1.82) is 0 Å². The Morgan fingerprint density at radius 3 is 2.31 bits per heavy atom. The third kappa shape index (κ3) is 2.34. The minimum absolute atomic E-state index is 0.521. The van der Waals surface area contributed by atoms with E-state index in [2.05, 4.69) is 37.3 Å². The lowest BCUT2D eigenvalue weighted by atomic mass is 9.90. The van der Waals surface area contributed by atoms with Gasteiger partial charge in [0.1, 0.15) is 5.75 Å². The first-order valence-corrected chi connectivity index (χ1v) is 5.00. The quantitative estimate of drug-likeness (QED) is 0.667. The smallest absolute Gasteiger partial charge is 0.341 e. The van der Waals surface area contributed by atoms with Crippen LogP contribution in [0.15, 0.2) is 24.3 Å². The van der Waals surface area contributed by atoms with Gasteiger partial charge in [-0.15, -0.1) is 0 Å². The van der Waals surface area contributed by atoms with E-state index in [-0.39, 0.29) is 0 Å². The molecule has 0 heterocycles. The molecule has 1 rings (SSSR count). The monoisotopic (exact) mass is 191 g/mol. The van der Waals surface area contributed by atoms with Crippen molar-refractivity contribution in [2.24, 2.45) is 5.92 Å². The van der Waals surface area contributed by atoms with E-state index in [4.69, 9.17) is 4.43 Å². The molecule has 0 saturated carbocycles. The van der Waals surface area contributed by atoms with Gasteiger partial charge in [0, 0.05) is 0 Å². The molecule has 0 aromatic heterocycles. The Hall–Kier alpha value is -0.763. The summed E-state index contributed by atoms with van der Waals surface area (Å²) in [7, 11) is 3.07. The first-order valence-electron chi connectivity index (χ1n) is 4.59. The fourth-order valence-electron chi connectivity index (χ4n) is 1.31. The second-order valence-corrected chi connectivity index (χ2v) is 3.88. The van der Waals surface area contributed by atoms with Crippen molar-refractivity contribution in [3.63, 3.8) is 0 Å². The molecule has 0 amide bonds. The molecule has 1 atom stereocenters. The molecule has 0 aliphatic carbocycles. The first-order chi connectivity index (χ1) is 6.16. The molecule has 0 N–H and O–H groups in total. The zero-order valence-corrected chi connectivity index (χ0v) is 9.37. The third-order valence-electron chi connectivity index (χ3n) is 2.52. The van der Waals surface area contributed by atoms with E-state index < -0.39 is 0 Å². The molecule has 13 heavy (non-hydrogen) atoms. The van der Waals surface area contributed by atoms with Gasteiger partial charge < -0.3 is 4.43 Å². The summed E-state index contributed by atoms with van der Waals surface area (Å²) in [5, 5.41) is 0. The Labute approximate surface area is 83.7 Å². The van der Waals surface area contributed by atoms with Crippen molar-refractivity contribution in [2.75, 3.05) is 0 Å². The van der Waals surface area contributed by atoms with Crippen LogP contribution in [0.1, 0.15) is 32.3 Å². The zero-order chi connectivity index (χ0) is 9.84. The average Bonchev–Trinajstić information content (AvgIpc) is 2.16. The van der Waals surface area contributed by atoms with E-state index in [0.717, 1.165) is 5.75 Å². The molecular weight excluding hydrogens is 176 g/mol. The van der Waals surface area contributed by atoms with Crippen molar-refractivity contribution in [2.45, 2.75) is 26.7 Å². The largest absolute Gasteiger partial charge is 0.540 e. The second kappa shape index (κ2) is 4.47. The molecule has 0 bridgehead atoms. The van der Waals surface area contributed by atoms with Gasteiger partial charge in [-0.25, -0.2) is 0 Å². The summed E-state index contributed by atoms with van der Waals surface area (Å²) in [6, 6.07) is 8.11. The Morgan fingerprint density at radius 1 is 1.15 bits per heavy atom. The maximum atomic E-state index is 5.12. The molecule has 0 spiro atoms. The van der Waals surface area contributed by atoms with Crippen molar-refractivity contribution < 1.29 is 4.43 Å². The Kier molecular flexibility index (Phi) is 3.55. The van der Waals surface area contributed by atoms with Gasteiger partial charge in [0.15, 0.2) is 0 Å².